The first kappa shape index (κ1) is 18.4. The zero-order valence-corrected chi connectivity index (χ0v) is 14.8. The van der Waals surface area contributed by atoms with Crippen molar-refractivity contribution in [2.45, 2.75) is 32.4 Å². The molecule has 0 fully saturated rings. The molecule has 1 aromatic carbocycles. The lowest BCUT2D eigenvalue weighted by Crippen LogP contribution is -2.50. The molecule has 2 aromatic rings. The van der Waals surface area contributed by atoms with Crippen molar-refractivity contribution in [1.82, 2.24) is 14.9 Å². The van der Waals surface area contributed by atoms with Gasteiger partial charge in [-0.15, -0.1) is 0 Å². The molecule has 3 rings (SSSR count). The number of anilines is 1. The maximum Gasteiger partial charge on any atom is 0.326 e. The number of aromatic amines is 1. The quantitative estimate of drug-likeness (QED) is 0.699. The van der Waals surface area contributed by atoms with Crippen LogP contribution in [0.4, 0.5) is 5.69 Å². The van der Waals surface area contributed by atoms with Crippen LogP contribution in [0.25, 0.3) is 0 Å². The zero-order valence-electron chi connectivity index (χ0n) is 14.8. The molecule has 1 atom stereocenters. The van der Waals surface area contributed by atoms with Crippen LogP contribution < -0.4 is 10.1 Å². The average molecular weight is 372 g/mol. The van der Waals surface area contributed by atoms with Gasteiger partial charge >= 0.3 is 5.97 Å². The SMILES string of the molecule is CCC(=O)Nc1cccc(OCC(=O)N2Cc3[nH]cnc3C[C@@H]2C(=O)O)c1. The van der Waals surface area contributed by atoms with E-state index in [1.165, 1.54) is 11.2 Å². The van der Waals surface area contributed by atoms with E-state index in [1.54, 1.807) is 31.2 Å². The first-order chi connectivity index (χ1) is 13.0. The van der Waals surface area contributed by atoms with E-state index in [4.69, 9.17) is 4.74 Å². The fraction of sp³-hybridized carbons (Fsp3) is 0.333. The van der Waals surface area contributed by atoms with E-state index >= 15 is 0 Å². The molecule has 0 saturated carbocycles. The second-order valence-electron chi connectivity index (χ2n) is 6.13. The summed E-state index contributed by atoms with van der Waals surface area (Å²) < 4.78 is 5.51. The molecule has 9 heteroatoms. The molecule has 2 heterocycles. The topological polar surface area (TPSA) is 125 Å². The minimum atomic E-state index is -1.08. The van der Waals surface area contributed by atoms with E-state index in [0.29, 0.717) is 23.6 Å². The maximum absolute atomic E-state index is 12.6. The number of nitrogens with zero attached hydrogens (tertiary/aromatic N) is 2. The molecule has 1 aromatic heterocycles. The van der Waals surface area contributed by atoms with Crippen LogP contribution in [0.1, 0.15) is 24.7 Å². The van der Waals surface area contributed by atoms with Crippen LogP contribution in [0.2, 0.25) is 0 Å². The van der Waals surface area contributed by atoms with Crippen molar-refractivity contribution in [3.8, 4) is 5.75 Å². The molecule has 3 N–H and O–H groups in total. The lowest BCUT2D eigenvalue weighted by molar-refractivity contribution is -0.152. The molecule has 0 spiro atoms. The van der Waals surface area contributed by atoms with Crippen LogP contribution in [-0.2, 0) is 27.3 Å². The molecule has 0 aliphatic carbocycles. The second-order valence-corrected chi connectivity index (χ2v) is 6.13. The third kappa shape index (κ3) is 4.25. The Morgan fingerprint density at radius 2 is 2.22 bits per heavy atom. The van der Waals surface area contributed by atoms with Crippen LogP contribution in [0.3, 0.4) is 0 Å². The van der Waals surface area contributed by atoms with Gasteiger partial charge in [-0.3, -0.25) is 9.59 Å². The van der Waals surface area contributed by atoms with Gasteiger partial charge in [0.15, 0.2) is 6.61 Å². The van der Waals surface area contributed by atoms with Crippen LogP contribution in [-0.4, -0.2) is 50.4 Å². The van der Waals surface area contributed by atoms with Crippen molar-refractivity contribution < 1.29 is 24.2 Å². The normalized spacial score (nSPS) is 15.7. The van der Waals surface area contributed by atoms with Crippen molar-refractivity contribution >= 4 is 23.5 Å². The van der Waals surface area contributed by atoms with E-state index in [1.807, 2.05) is 0 Å². The minimum absolute atomic E-state index is 0.129. The number of benzene rings is 1. The van der Waals surface area contributed by atoms with Crippen molar-refractivity contribution in [3.63, 3.8) is 0 Å². The number of H-pyrrole nitrogens is 1. The summed E-state index contributed by atoms with van der Waals surface area (Å²) in [5.41, 5.74) is 1.95. The van der Waals surface area contributed by atoms with Crippen molar-refractivity contribution in [2.75, 3.05) is 11.9 Å². The number of aliphatic carboxylic acids is 1. The van der Waals surface area contributed by atoms with Crippen LogP contribution in [0.5, 0.6) is 5.75 Å². The van der Waals surface area contributed by atoms with Crippen molar-refractivity contribution in [3.05, 3.63) is 42.0 Å². The molecule has 1 aliphatic rings. The number of ether oxygens (including phenoxy) is 1. The summed E-state index contributed by atoms with van der Waals surface area (Å²) >= 11 is 0. The number of imidazole rings is 1. The van der Waals surface area contributed by atoms with Gasteiger partial charge in [-0.1, -0.05) is 13.0 Å². The van der Waals surface area contributed by atoms with Crippen LogP contribution in [0.15, 0.2) is 30.6 Å². The number of amides is 2. The molecule has 2 amide bonds. The molecule has 0 bridgehead atoms. The lowest BCUT2D eigenvalue weighted by Gasteiger charge is -2.32. The van der Waals surface area contributed by atoms with E-state index in [0.717, 1.165) is 5.69 Å². The Bertz CT molecular complexity index is 863. The summed E-state index contributed by atoms with van der Waals surface area (Å²) in [5.74, 6) is -1.24. The number of nitrogens with one attached hydrogen (secondary N) is 2. The van der Waals surface area contributed by atoms with Gasteiger partial charge in [-0.25, -0.2) is 9.78 Å². The summed E-state index contributed by atoms with van der Waals surface area (Å²) in [6.07, 6.45) is 1.99. The van der Waals surface area contributed by atoms with Crippen molar-refractivity contribution in [2.24, 2.45) is 0 Å². The van der Waals surface area contributed by atoms with E-state index in [-0.39, 0.29) is 25.5 Å². The van der Waals surface area contributed by atoms with Gasteiger partial charge in [0.1, 0.15) is 11.8 Å². The van der Waals surface area contributed by atoms with E-state index in [9.17, 15) is 19.5 Å². The number of aromatic nitrogens is 2. The maximum atomic E-state index is 12.6. The fourth-order valence-corrected chi connectivity index (χ4v) is 2.86. The number of fused-ring (bicyclic) bond motifs is 1. The van der Waals surface area contributed by atoms with E-state index < -0.39 is 17.9 Å². The van der Waals surface area contributed by atoms with Gasteiger partial charge in [0.05, 0.1) is 24.3 Å². The van der Waals surface area contributed by atoms with Gasteiger partial charge in [0, 0.05) is 24.6 Å². The Morgan fingerprint density at radius 3 is 2.96 bits per heavy atom. The second kappa shape index (κ2) is 7.90. The number of hydrogen-bond donors (Lipinski definition) is 3. The summed E-state index contributed by atoms with van der Waals surface area (Å²) in [7, 11) is 0. The van der Waals surface area contributed by atoms with Gasteiger partial charge in [0.2, 0.25) is 5.91 Å². The third-order valence-electron chi connectivity index (χ3n) is 4.31. The zero-order chi connectivity index (χ0) is 19.4. The number of rotatable bonds is 6. The predicted molar refractivity (Wildman–Crippen MR) is 95.1 cm³/mol. The van der Waals surface area contributed by atoms with Crippen molar-refractivity contribution in [1.29, 1.82) is 0 Å². The first-order valence-electron chi connectivity index (χ1n) is 8.54. The summed E-state index contributed by atoms with van der Waals surface area (Å²) in [5, 5.41) is 12.1. The highest BCUT2D eigenvalue weighted by molar-refractivity contribution is 5.90. The number of hydrogen-bond acceptors (Lipinski definition) is 5. The Hall–Kier alpha value is -3.36. The number of carbonyl (C=O) groups excluding carboxylic acids is 2. The molecule has 9 nitrogen and oxygen atoms in total. The Kier molecular flexibility index (Phi) is 5.39. The summed E-state index contributed by atoms with van der Waals surface area (Å²) in [6.45, 7) is 1.58. The highest BCUT2D eigenvalue weighted by atomic mass is 16.5. The van der Waals surface area contributed by atoms with Crippen LogP contribution in [0, 0.1) is 0 Å². The Balaban J connectivity index is 1.65. The number of carbonyl (C=O) groups is 3. The molecule has 0 unspecified atom stereocenters. The van der Waals surface area contributed by atoms with Gasteiger partial charge in [-0.2, -0.15) is 0 Å². The molecule has 0 radical (unpaired) electrons. The minimum Gasteiger partial charge on any atom is -0.484 e. The Morgan fingerprint density at radius 1 is 1.41 bits per heavy atom. The molecule has 27 heavy (non-hydrogen) atoms. The molecule has 0 saturated heterocycles. The standard InChI is InChI=1S/C18H20N4O5/c1-2-16(23)21-11-4-3-5-12(6-11)27-9-17(24)22-8-14-13(19-10-20-14)7-15(22)18(25)26/h3-6,10,15H,2,7-9H2,1H3,(H,19,20)(H,21,23)(H,25,26)/t15-/m1/s1. The molecular weight excluding hydrogens is 352 g/mol. The van der Waals surface area contributed by atoms with Gasteiger partial charge < -0.3 is 25.0 Å². The average Bonchev–Trinajstić information content (AvgIpc) is 3.12. The number of carboxylic acid groups (broad SMARTS) is 1. The monoisotopic (exact) mass is 372 g/mol. The summed E-state index contributed by atoms with van der Waals surface area (Å²) in [6, 6.07) is 5.70. The van der Waals surface area contributed by atoms with E-state index in [2.05, 4.69) is 15.3 Å². The highest BCUT2D eigenvalue weighted by Gasteiger charge is 2.36. The fourth-order valence-electron chi connectivity index (χ4n) is 2.86. The predicted octanol–water partition coefficient (Wildman–Crippen LogP) is 1.18. The van der Waals surface area contributed by atoms with Gasteiger partial charge in [0.25, 0.3) is 5.91 Å². The smallest absolute Gasteiger partial charge is 0.326 e. The largest absolute Gasteiger partial charge is 0.484 e. The van der Waals surface area contributed by atoms with Crippen LogP contribution >= 0.6 is 0 Å². The Labute approximate surface area is 155 Å². The first-order valence-corrected chi connectivity index (χ1v) is 8.54. The lowest BCUT2D eigenvalue weighted by atomic mass is 10.0. The summed E-state index contributed by atoms with van der Waals surface area (Å²) in [4.78, 5) is 43.9. The molecule has 142 valence electrons. The third-order valence-corrected chi connectivity index (χ3v) is 4.31. The molecular formula is C18H20N4O5. The highest BCUT2D eigenvalue weighted by Crippen LogP contribution is 2.22. The molecule has 1 aliphatic heterocycles. The number of carboxylic acids is 1. The van der Waals surface area contributed by atoms with Gasteiger partial charge in [-0.05, 0) is 12.1 Å².